The minimum atomic E-state index is -0.946. The van der Waals surface area contributed by atoms with Gasteiger partial charge in [-0.3, -0.25) is 4.79 Å². The fraction of sp³-hybridized carbons (Fsp3) is 0.846. The van der Waals surface area contributed by atoms with Crippen molar-refractivity contribution in [3.05, 3.63) is 0 Å². The SMILES string of the molecule is CN[C@H](C(=O)N(C)[C@@H](CC(C)C)C(=O)O)C(C)C. The lowest BCUT2D eigenvalue weighted by Gasteiger charge is -2.31. The van der Waals surface area contributed by atoms with Gasteiger partial charge < -0.3 is 15.3 Å². The molecule has 0 aromatic rings. The number of nitrogens with one attached hydrogen (secondary N) is 1. The minimum Gasteiger partial charge on any atom is -0.480 e. The van der Waals surface area contributed by atoms with Crippen LogP contribution in [0.3, 0.4) is 0 Å². The third-order valence-electron chi connectivity index (χ3n) is 3.04. The third-order valence-corrected chi connectivity index (χ3v) is 3.04. The molecule has 0 spiro atoms. The fourth-order valence-corrected chi connectivity index (χ4v) is 1.99. The molecular weight excluding hydrogens is 232 g/mol. The first-order valence-corrected chi connectivity index (χ1v) is 6.39. The zero-order chi connectivity index (χ0) is 14.5. The second-order valence-electron chi connectivity index (χ2n) is 5.44. The van der Waals surface area contributed by atoms with Crippen LogP contribution in [-0.2, 0) is 9.59 Å². The van der Waals surface area contributed by atoms with Crippen LogP contribution in [0.15, 0.2) is 0 Å². The molecule has 0 fully saturated rings. The smallest absolute Gasteiger partial charge is 0.326 e. The molecule has 0 rings (SSSR count). The minimum absolute atomic E-state index is 0.124. The van der Waals surface area contributed by atoms with E-state index in [0.717, 1.165) is 0 Å². The maximum Gasteiger partial charge on any atom is 0.326 e. The number of hydrogen-bond donors (Lipinski definition) is 2. The second kappa shape index (κ2) is 7.36. The molecule has 0 aliphatic heterocycles. The average Bonchev–Trinajstić information content (AvgIpc) is 2.24. The van der Waals surface area contributed by atoms with Crippen LogP contribution in [-0.4, -0.2) is 48.1 Å². The van der Waals surface area contributed by atoms with E-state index in [-0.39, 0.29) is 23.8 Å². The summed E-state index contributed by atoms with van der Waals surface area (Å²) in [6.45, 7) is 7.77. The Morgan fingerprint density at radius 1 is 1.22 bits per heavy atom. The van der Waals surface area contributed by atoms with Crippen molar-refractivity contribution in [2.75, 3.05) is 14.1 Å². The molecule has 18 heavy (non-hydrogen) atoms. The highest BCUT2D eigenvalue weighted by atomic mass is 16.4. The van der Waals surface area contributed by atoms with Gasteiger partial charge in [0, 0.05) is 7.05 Å². The first kappa shape index (κ1) is 16.9. The van der Waals surface area contributed by atoms with Gasteiger partial charge in [0.2, 0.25) is 5.91 Å². The van der Waals surface area contributed by atoms with Gasteiger partial charge in [-0.25, -0.2) is 4.79 Å². The summed E-state index contributed by atoms with van der Waals surface area (Å²) in [6, 6.07) is -1.10. The molecule has 0 heterocycles. The van der Waals surface area contributed by atoms with Gasteiger partial charge in [0.1, 0.15) is 6.04 Å². The van der Waals surface area contributed by atoms with Gasteiger partial charge in [0.15, 0.2) is 0 Å². The first-order valence-electron chi connectivity index (χ1n) is 6.39. The Bertz CT molecular complexity index is 290. The van der Waals surface area contributed by atoms with Gasteiger partial charge in [-0.15, -0.1) is 0 Å². The highest BCUT2D eigenvalue weighted by molar-refractivity contribution is 5.87. The van der Waals surface area contributed by atoms with Crippen LogP contribution >= 0.6 is 0 Å². The summed E-state index contributed by atoms with van der Waals surface area (Å²) >= 11 is 0. The largest absolute Gasteiger partial charge is 0.480 e. The summed E-state index contributed by atoms with van der Waals surface area (Å²) in [7, 11) is 3.28. The number of nitrogens with zero attached hydrogens (tertiary/aromatic N) is 1. The van der Waals surface area contributed by atoms with E-state index >= 15 is 0 Å². The number of carbonyl (C=O) groups is 2. The van der Waals surface area contributed by atoms with Gasteiger partial charge in [0.25, 0.3) is 0 Å². The van der Waals surface area contributed by atoms with E-state index in [4.69, 9.17) is 0 Å². The van der Waals surface area contributed by atoms with Gasteiger partial charge in [-0.1, -0.05) is 27.7 Å². The van der Waals surface area contributed by atoms with Crippen LogP contribution in [0, 0.1) is 11.8 Å². The molecule has 0 aliphatic rings. The average molecular weight is 258 g/mol. The van der Waals surface area contributed by atoms with Crippen molar-refractivity contribution < 1.29 is 14.7 Å². The lowest BCUT2D eigenvalue weighted by Crippen LogP contribution is -2.52. The van der Waals surface area contributed by atoms with E-state index in [1.54, 1.807) is 14.1 Å². The van der Waals surface area contributed by atoms with E-state index in [1.165, 1.54) is 4.90 Å². The lowest BCUT2D eigenvalue weighted by atomic mass is 9.99. The number of likely N-dealkylation sites (N-methyl/N-ethyl adjacent to an activating group) is 2. The first-order chi connectivity index (χ1) is 8.22. The molecule has 5 heteroatoms. The number of carboxylic acids is 1. The molecule has 0 aliphatic carbocycles. The van der Waals surface area contributed by atoms with Crippen molar-refractivity contribution in [3.63, 3.8) is 0 Å². The van der Waals surface area contributed by atoms with Gasteiger partial charge in [-0.2, -0.15) is 0 Å². The molecule has 0 aromatic carbocycles. The molecular formula is C13H26N2O3. The van der Waals surface area contributed by atoms with E-state index in [0.29, 0.717) is 6.42 Å². The van der Waals surface area contributed by atoms with Crippen LogP contribution in [0.25, 0.3) is 0 Å². The van der Waals surface area contributed by atoms with Crippen LogP contribution in [0.4, 0.5) is 0 Å². The predicted octanol–water partition coefficient (Wildman–Crippen LogP) is 1.19. The van der Waals surface area contributed by atoms with Gasteiger partial charge >= 0.3 is 5.97 Å². The van der Waals surface area contributed by atoms with E-state index in [9.17, 15) is 14.7 Å². The Morgan fingerprint density at radius 3 is 2.00 bits per heavy atom. The van der Waals surface area contributed by atoms with Crippen molar-refractivity contribution in [1.82, 2.24) is 10.2 Å². The van der Waals surface area contributed by atoms with Crippen LogP contribution in [0.5, 0.6) is 0 Å². The molecule has 2 N–H and O–H groups in total. The van der Waals surface area contributed by atoms with Gasteiger partial charge in [0.05, 0.1) is 6.04 Å². The van der Waals surface area contributed by atoms with Gasteiger partial charge in [-0.05, 0) is 25.3 Å². The second-order valence-corrected chi connectivity index (χ2v) is 5.44. The summed E-state index contributed by atoms with van der Waals surface area (Å²) in [5.74, 6) is -0.759. The Hall–Kier alpha value is -1.10. The standard InChI is InChI=1S/C13H26N2O3/c1-8(2)7-10(13(17)18)15(6)12(16)11(14-5)9(3)4/h8-11,14H,7H2,1-6H3,(H,17,18)/t10-,11-/m0/s1. The molecule has 0 unspecified atom stereocenters. The number of rotatable bonds is 7. The summed E-state index contributed by atoms with van der Waals surface area (Å²) in [4.78, 5) is 24.8. The maximum atomic E-state index is 12.2. The number of hydrogen-bond acceptors (Lipinski definition) is 3. The van der Waals surface area contributed by atoms with E-state index in [1.807, 2.05) is 27.7 Å². The van der Waals surface area contributed by atoms with Crippen LogP contribution < -0.4 is 5.32 Å². The number of carboxylic acid groups (broad SMARTS) is 1. The Balaban J connectivity index is 4.90. The molecule has 0 saturated carbocycles. The monoisotopic (exact) mass is 258 g/mol. The van der Waals surface area contributed by atoms with E-state index in [2.05, 4.69) is 5.32 Å². The molecule has 0 aromatic heterocycles. The number of aliphatic carboxylic acids is 1. The highest BCUT2D eigenvalue weighted by Crippen LogP contribution is 2.14. The Morgan fingerprint density at radius 2 is 1.72 bits per heavy atom. The van der Waals surface area contributed by atoms with Crippen molar-refractivity contribution in [3.8, 4) is 0 Å². The normalized spacial score (nSPS) is 14.7. The number of carbonyl (C=O) groups excluding carboxylic acids is 1. The summed E-state index contributed by atoms with van der Waals surface area (Å²) < 4.78 is 0. The fourth-order valence-electron chi connectivity index (χ4n) is 1.99. The van der Waals surface area contributed by atoms with Crippen molar-refractivity contribution >= 4 is 11.9 Å². The summed E-state index contributed by atoms with van der Waals surface area (Å²) in [5.41, 5.74) is 0. The molecule has 2 atom stereocenters. The summed E-state index contributed by atoms with van der Waals surface area (Å²) in [5, 5.41) is 12.2. The predicted molar refractivity (Wildman–Crippen MR) is 71.3 cm³/mol. The van der Waals surface area contributed by atoms with Crippen molar-refractivity contribution in [2.45, 2.75) is 46.2 Å². The molecule has 0 radical (unpaired) electrons. The molecule has 106 valence electrons. The van der Waals surface area contributed by atoms with Crippen molar-refractivity contribution in [1.29, 1.82) is 0 Å². The quantitative estimate of drug-likeness (QED) is 0.719. The maximum absolute atomic E-state index is 12.2. The van der Waals surface area contributed by atoms with E-state index < -0.39 is 12.0 Å². The van der Waals surface area contributed by atoms with Crippen LogP contribution in [0.1, 0.15) is 34.1 Å². The molecule has 1 amide bonds. The zero-order valence-corrected chi connectivity index (χ0v) is 12.2. The number of amides is 1. The Labute approximate surface area is 110 Å². The highest BCUT2D eigenvalue weighted by Gasteiger charge is 2.32. The molecule has 0 saturated heterocycles. The third kappa shape index (κ3) is 4.64. The van der Waals surface area contributed by atoms with Crippen molar-refractivity contribution in [2.24, 2.45) is 11.8 Å². The summed E-state index contributed by atoms with van der Waals surface area (Å²) in [6.07, 6.45) is 0.464. The molecule has 0 bridgehead atoms. The Kier molecular flexibility index (Phi) is 6.91. The van der Waals surface area contributed by atoms with Crippen LogP contribution in [0.2, 0.25) is 0 Å². The lowest BCUT2D eigenvalue weighted by molar-refractivity contribution is -0.150. The zero-order valence-electron chi connectivity index (χ0n) is 12.2. The topological polar surface area (TPSA) is 69.6 Å². The molecule has 5 nitrogen and oxygen atoms in total.